The zero-order valence-corrected chi connectivity index (χ0v) is 15.3. The SMILES string of the molecule is CC1CC1c1ccc(CN(Cc2ccco2)C(=O)c2ccc(Cl)cc2)o1. The number of furan rings is 2. The second-order valence-corrected chi connectivity index (χ2v) is 7.31. The van der Waals surface area contributed by atoms with E-state index in [1.165, 1.54) is 6.42 Å². The lowest BCUT2D eigenvalue weighted by Crippen LogP contribution is -2.29. The van der Waals surface area contributed by atoms with Crippen molar-refractivity contribution in [1.82, 2.24) is 4.90 Å². The number of carbonyl (C=O) groups is 1. The zero-order chi connectivity index (χ0) is 18.1. The van der Waals surface area contributed by atoms with Gasteiger partial charge in [0.15, 0.2) is 0 Å². The third-order valence-corrected chi connectivity index (χ3v) is 5.06. The second kappa shape index (κ2) is 7.04. The number of nitrogens with zero attached hydrogens (tertiary/aromatic N) is 1. The Morgan fingerprint density at radius 1 is 1.12 bits per heavy atom. The van der Waals surface area contributed by atoms with E-state index in [2.05, 4.69) is 6.92 Å². The summed E-state index contributed by atoms with van der Waals surface area (Å²) in [7, 11) is 0. The minimum Gasteiger partial charge on any atom is -0.467 e. The standard InChI is InChI=1S/C21H20ClNO3/c1-14-11-19(14)20-9-8-18(26-20)13-23(12-17-3-2-10-25-17)21(24)15-4-6-16(22)7-5-15/h2-10,14,19H,11-13H2,1H3. The van der Waals surface area contributed by atoms with Gasteiger partial charge in [0.1, 0.15) is 17.3 Å². The summed E-state index contributed by atoms with van der Waals surface area (Å²) >= 11 is 5.94. The van der Waals surface area contributed by atoms with Gasteiger partial charge in [-0.05, 0) is 60.9 Å². The summed E-state index contributed by atoms with van der Waals surface area (Å²) in [5, 5.41) is 0.605. The Labute approximate surface area is 157 Å². The molecule has 0 bridgehead atoms. The molecule has 3 aromatic rings. The molecule has 5 heteroatoms. The molecule has 4 nitrogen and oxygen atoms in total. The molecule has 2 atom stereocenters. The monoisotopic (exact) mass is 369 g/mol. The third kappa shape index (κ3) is 3.70. The van der Waals surface area contributed by atoms with E-state index in [0.717, 1.165) is 17.3 Å². The smallest absolute Gasteiger partial charge is 0.254 e. The first-order valence-corrected chi connectivity index (χ1v) is 9.14. The van der Waals surface area contributed by atoms with Crippen LogP contribution in [-0.2, 0) is 13.1 Å². The summed E-state index contributed by atoms with van der Waals surface area (Å²) in [5.41, 5.74) is 0.587. The van der Waals surface area contributed by atoms with Crippen molar-refractivity contribution in [3.05, 3.63) is 82.7 Å². The summed E-state index contributed by atoms with van der Waals surface area (Å²) < 4.78 is 11.4. The Bertz CT molecular complexity index is 882. The van der Waals surface area contributed by atoms with E-state index < -0.39 is 0 Å². The quantitative estimate of drug-likeness (QED) is 0.577. The normalized spacial score (nSPS) is 18.7. The van der Waals surface area contributed by atoms with Gasteiger partial charge in [0.05, 0.1) is 19.4 Å². The lowest BCUT2D eigenvalue weighted by atomic mass is 10.2. The van der Waals surface area contributed by atoms with Crippen LogP contribution in [0, 0.1) is 5.92 Å². The van der Waals surface area contributed by atoms with E-state index >= 15 is 0 Å². The van der Waals surface area contributed by atoms with Crippen LogP contribution in [-0.4, -0.2) is 10.8 Å². The molecule has 1 saturated carbocycles. The van der Waals surface area contributed by atoms with Crippen LogP contribution >= 0.6 is 11.6 Å². The third-order valence-electron chi connectivity index (χ3n) is 4.81. The minimum atomic E-state index is -0.0872. The molecule has 1 aliphatic carbocycles. The maximum absolute atomic E-state index is 13.0. The molecule has 2 unspecified atom stereocenters. The number of hydrogen-bond donors (Lipinski definition) is 0. The number of benzene rings is 1. The first-order valence-electron chi connectivity index (χ1n) is 8.76. The minimum absolute atomic E-state index is 0.0872. The average Bonchev–Trinajstić information content (AvgIpc) is 3.05. The van der Waals surface area contributed by atoms with Gasteiger partial charge in [-0.2, -0.15) is 0 Å². The molecular formula is C21H20ClNO3. The lowest BCUT2D eigenvalue weighted by Gasteiger charge is -2.21. The maximum Gasteiger partial charge on any atom is 0.254 e. The number of halogens is 1. The fraction of sp³-hybridized carbons (Fsp3) is 0.286. The van der Waals surface area contributed by atoms with Crippen LogP contribution in [0.4, 0.5) is 0 Å². The Balaban J connectivity index is 1.54. The molecule has 1 fully saturated rings. The maximum atomic E-state index is 13.0. The van der Waals surface area contributed by atoms with E-state index in [1.54, 1.807) is 35.4 Å². The van der Waals surface area contributed by atoms with Crippen molar-refractivity contribution in [3.8, 4) is 0 Å². The van der Waals surface area contributed by atoms with Crippen molar-refractivity contribution in [3.63, 3.8) is 0 Å². The first kappa shape index (κ1) is 17.0. The van der Waals surface area contributed by atoms with E-state index in [1.807, 2.05) is 24.3 Å². The highest BCUT2D eigenvalue weighted by Gasteiger charge is 2.36. The highest BCUT2D eigenvalue weighted by Crippen LogP contribution is 2.47. The fourth-order valence-corrected chi connectivity index (χ4v) is 3.28. The summed E-state index contributed by atoms with van der Waals surface area (Å²) in [4.78, 5) is 14.7. The van der Waals surface area contributed by atoms with Crippen LogP contribution in [0.2, 0.25) is 5.02 Å². The van der Waals surface area contributed by atoms with Gasteiger partial charge in [0, 0.05) is 16.5 Å². The van der Waals surface area contributed by atoms with E-state index in [-0.39, 0.29) is 5.91 Å². The molecule has 1 amide bonds. The van der Waals surface area contributed by atoms with Gasteiger partial charge >= 0.3 is 0 Å². The lowest BCUT2D eigenvalue weighted by molar-refractivity contribution is 0.0704. The molecule has 4 rings (SSSR count). The van der Waals surface area contributed by atoms with Crippen LogP contribution in [0.1, 0.15) is 46.9 Å². The number of hydrogen-bond acceptors (Lipinski definition) is 3. The Hall–Kier alpha value is -2.46. The predicted octanol–water partition coefficient (Wildman–Crippen LogP) is 5.49. The number of amides is 1. The van der Waals surface area contributed by atoms with Gasteiger partial charge in [0.25, 0.3) is 5.91 Å². The molecule has 0 aliphatic heterocycles. The average molecular weight is 370 g/mol. The highest BCUT2D eigenvalue weighted by molar-refractivity contribution is 6.30. The van der Waals surface area contributed by atoms with Crippen molar-refractivity contribution >= 4 is 17.5 Å². The van der Waals surface area contributed by atoms with Crippen LogP contribution in [0.15, 0.2) is 63.6 Å². The summed E-state index contributed by atoms with van der Waals surface area (Å²) in [6, 6.07) is 14.6. The molecule has 26 heavy (non-hydrogen) atoms. The van der Waals surface area contributed by atoms with E-state index in [9.17, 15) is 4.79 Å². The fourth-order valence-electron chi connectivity index (χ4n) is 3.15. The molecule has 0 radical (unpaired) electrons. The number of rotatable bonds is 6. The van der Waals surface area contributed by atoms with Crippen LogP contribution in [0.25, 0.3) is 0 Å². The molecule has 0 N–H and O–H groups in total. The summed E-state index contributed by atoms with van der Waals surface area (Å²) in [6.07, 6.45) is 2.78. The Morgan fingerprint density at radius 3 is 2.50 bits per heavy atom. The van der Waals surface area contributed by atoms with Crippen LogP contribution < -0.4 is 0 Å². The van der Waals surface area contributed by atoms with Gasteiger partial charge in [-0.1, -0.05) is 18.5 Å². The zero-order valence-electron chi connectivity index (χ0n) is 14.5. The molecule has 2 heterocycles. The predicted molar refractivity (Wildman–Crippen MR) is 99.0 cm³/mol. The van der Waals surface area contributed by atoms with Gasteiger partial charge in [-0.25, -0.2) is 0 Å². The topological polar surface area (TPSA) is 46.6 Å². The number of carbonyl (C=O) groups excluding carboxylic acids is 1. The first-order chi connectivity index (χ1) is 12.6. The van der Waals surface area contributed by atoms with Gasteiger partial charge in [-0.15, -0.1) is 0 Å². The van der Waals surface area contributed by atoms with Crippen molar-refractivity contribution in [2.24, 2.45) is 5.92 Å². The Morgan fingerprint density at radius 2 is 1.85 bits per heavy atom. The van der Waals surface area contributed by atoms with Gasteiger partial charge < -0.3 is 13.7 Å². The molecular weight excluding hydrogens is 350 g/mol. The molecule has 1 aromatic carbocycles. The second-order valence-electron chi connectivity index (χ2n) is 6.87. The molecule has 1 aliphatic rings. The van der Waals surface area contributed by atoms with Crippen LogP contribution in [0.3, 0.4) is 0 Å². The van der Waals surface area contributed by atoms with Crippen molar-refractivity contribution in [2.45, 2.75) is 32.4 Å². The Kier molecular flexibility index (Phi) is 4.60. The van der Waals surface area contributed by atoms with Crippen molar-refractivity contribution in [2.75, 3.05) is 0 Å². The highest BCUT2D eigenvalue weighted by atomic mass is 35.5. The van der Waals surface area contributed by atoms with Crippen LogP contribution in [0.5, 0.6) is 0 Å². The van der Waals surface area contributed by atoms with E-state index in [4.69, 9.17) is 20.4 Å². The summed E-state index contributed by atoms with van der Waals surface area (Å²) in [6.45, 7) is 2.99. The molecule has 134 valence electrons. The van der Waals surface area contributed by atoms with Crippen molar-refractivity contribution in [1.29, 1.82) is 0 Å². The van der Waals surface area contributed by atoms with E-state index in [0.29, 0.717) is 35.5 Å². The largest absolute Gasteiger partial charge is 0.467 e. The van der Waals surface area contributed by atoms with Gasteiger partial charge in [0.2, 0.25) is 0 Å². The molecule has 0 spiro atoms. The molecule has 2 aromatic heterocycles. The van der Waals surface area contributed by atoms with Gasteiger partial charge in [-0.3, -0.25) is 4.79 Å². The summed E-state index contributed by atoms with van der Waals surface area (Å²) in [5.74, 6) is 3.65. The molecule has 0 saturated heterocycles. The van der Waals surface area contributed by atoms with Crippen molar-refractivity contribution < 1.29 is 13.6 Å².